The number of benzene rings is 1. The summed E-state index contributed by atoms with van der Waals surface area (Å²) < 4.78 is 5.56. The van der Waals surface area contributed by atoms with Crippen molar-refractivity contribution < 1.29 is 4.74 Å². The van der Waals surface area contributed by atoms with Gasteiger partial charge < -0.3 is 9.64 Å². The fourth-order valence-electron chi connectivity index (χ4n) is 1.05. The van der Waals surface area contributed by atoms with Crippen molar-refractivity contribution in [2.75, 3.05) is 27.2 Å². The molecule has 2 nitrogen and oxygen atoms in total. The Morgan fingerprint density at radius 1 is 1.06 bits per heavy atom. The molecule has 0 fully saturated rings. The van der Waals surface area contributed by atoms with E-state index in [1.807, 2.05) is 53.9 Å². The highest BCUT2D eigenvalue weighted by Gasteiger charge is 1.94. The van der Waals surface area contributed by atoms with Crippen LogP contribution in [-0.2, 0) is 0 Å². The van der Waals surface area contributed by atoms with E-state index in [2.05, 4.69) is 24.0 Å². The predicted octanol–water partition coefficient (Wildman–Crippen LogP) is 3.99. The lowest BCUT2D eigenvalue weighted by molar-refractivity contribution is 0.261. The number of ether oxygens (including phenoxy) is 1. The van der Waals surface area contributed by atoms with Gasteiger partial charge in [0, 0.05) is 6.54 Å². The largest absolute Gasteiger partial charge is 0.492 e. The first-order valence-electron chi connectivity index (χ1n) is 6.52. The SMILES string of the molecule is CC.CC.Cc1cccc(OCCN(C)C)c1. The predicted molar refractivity (Wildman–Crippen MR) is 77.9 cm³/mol. The van der Waals surface area contributed by atoms with Crippen LogP contribution in [0.4, 0.5) is 0 Å². The number of aryl methyl sites for hydroxylation is 1. The summed E-state index contributed by atoms with van der Waals surface area (Å²) in [6.45, 7) is 11.8. The molecule has 1 rings (SSSR count). The van der Waals surface area contributed by atoms with Gasteiger partial charge in [0.15, 0.2) is 0 Å². The van der Waals surface area contributed by atoms with Gasteiger partial charge in [-0.15, -0.1) is 0 Å². The van der Waals surface area contributed by atoms with Crippen LogP contribution in [-0.4, -0.2) is 32.1 Å². The molecule has 0 amide bonds. The minimum atomic E-state index is 0.746. The third-order valence-corrected chi connectivity index (χ3v) is 1.80. The second-order valence-corrected chi connectivity index (χ2v) is 3.47. The van der Waals surface area contributed by atoms with Crippen LogP contribution in [0, 0.1) is 6.92 Å². The Hall–Kier alpha value is -1.02. The zero-order valence-electron chi connectivity index (χ0n) is 12.6. The highest BCUT2D eigenvalue weighted by Crippen LogP contribution is 2.11. The minimum absolute atomic E-state index is 0.746. The first-order valence-corrected chi connectivity index (χ1v) is 6.52. The average Bonchev–Trinajstić information content (AvgIpc) is 2.34. The van der Waals surface area contributed by atoms with Gasteiger partial charge in [0.2, 0.25) is 0 Å². The summed E-state index contributed by atoms with van der Waals surface area (Å²) in [5, 5.41) is 0. The van der Waals surface area contributed by atoms with Crippen molar-refractivity contribution in [3.8, 4) is 5.75 Å². The van der Waals surface area contributed by atoms with E-state index in [1.54, 1.807) is 0 Å². The molecule has 2 heteroatoms. The molecule has 0 aliphatic heterocycles. The van der Waals surface area contributed by atoms with Crippen molar-refractivity contribution in [3.63, 3.8) is 0 Å². The summed E-state index contributed by atoms with van der Waals surface area (Å²) in [4.78, 5) is 2.11. The monoisotopic (exact) mass is 239 g/mol. The highest BCUT2D eigenvalue weighted by atomic mass is 16.5. The van der Waals surface area contributed by atoms with Crippen molar-refractivity contribution in [3.05, 3.63) is 29.8 Å². The Bertz CT molecular complexity index is 259. The van der Waals surface area contributed by atoms with Crippen LogP contribution in [0.2, 0.25) is 0 Å². The van der Waals surface area contributed by atoms with Crippen LogP contribution in [0.15, 0.2) is 24.3 Å². The van der Waals surface area contributed by atoms with Crippen molar-refractivity contribution in [1.29, 1.82) is 0 Å². The molecule has 0 radical (unpaired) electrons. The summed E-state index contributed by atoms with van der Waals surface area (Å²) >= 11 is 0. The standard InChI is InChI=1S/C11H17NO.2C2H6/c1-10-5-4-6-11(9-10)13-8-7-12(2)3;2*1-2/h4-6,9H,7-8H2,1-3H3;2*1-2H3. The topological polar surface area (TPSA) is 12.5 Å². The fourth-order valence-corrected chi connectivity index (χ4v) is 1.05. The maximum atomic E-state index is 5.56. The fraction of sp³-hybridized carbons (Fsp3) is 0.600. The molecule has 0 saturated carbocycles. The van der Waals surface area contributed by atoms with E-state index in [-0.39, 0.29) is 0 Å². The molecule has 0 atom stereocenters. The maximum absolute atomic E-state index is 5.56. The van der Waals surface area contributed by atoms with Crippen LogP contribution in [0.1, 0.15) is 33.3 Å². The van der Waals surface area contributed by atoms with E-state index < -0.39 is 0 Å². The molecule has 0 aliphatic rings. The van der Waals surface area contributed by atoms with E-state index in [0.29, 0.717) is 0 Å². The third-order valence-electron chi connectivity index (χ3n) is 1.80. The van der Waals surface area contributed by atoms with Gasteiger partial charge in [-0.05, 0) is 38.7 Å². The summed E-state index contributed by atoms with van der Waals surface area (Å²) in [5.74, 6) is 0.960. The van der Waals surface area contributed by atoms with Crippen molar-refractivity contribution in [1.82, 2.24) is 4.90 Å². The average molecular weight is 239 g/mol. The van der Waals surface area contributed by atoms with Gasteiger partial charge >= 0.3 is 0 Å². The number of nitrogens with zero attached hydrogens (tertiary/aromatic N) is 1. The van der Waals surface area contributed by atoms with Crippen LogP contribution in [0.3, 0.4) is 0 Å². The van der Waals surface area contributed by atoms with Crippen LogP contribution >= 0.6 is 0 Å². The Labute approximate surface area is 108 Å². The van der Waals surface area contributed by atoms with Crippen molar-refractivity contribution in [2.24, 2.45) is 0 Å². The molecule has 0 aliphatic carbocycles. The summed E-state index contributed by atoms with van der Waals surface area (Å²) in [6.07, 6.45) is 0. The molecule has 100 valence electrons. The van der Waals surface area contributed by atoms with Gasteiger partial charge in [-0.2, -0.15) is 0 Å². The maximum Gasteiger partial charge on any atom is 0.119 e. The molecule has 0 N–H and O–H groups in total. The minimum Gasteiger partial charge on any atom is -0.492 e. The number of likely N-dealkylation sites (N-methyl/N-ethyl adjacent to an activating group) is 1. The molecular weight excluding hydrogens is 210 g/mol. The number of hydrogen-bond acceptors (Lipinski definition) is 2. The van der Waals surface area contributed by atoms with Crippen LogP contribution < -0.4 is 4.74 Å². The molecule has 0 saturated heterocycles. The van der Waals surface area contributed by atoms with Gasteiger partial charge in [-0.1, -0.05) is 39.8 Å². The Balaban J connectivity index is 0. The van der Waals surface area contributed by atoms with E-state index in [9.17, 15) is 0 Å². The van der Waals surface area contributed by atoms with Crippen molar-refractivity contribution in [2.45, 2.75) is 34.6 Å². The molecule has 17 heavy (non-hydrogen) atoms. The molecule has 0 heterocycles. The molecule has 1 aromatic rings. The normalized spacial score (nSPS) is 8.71. The molecule has 0 spiro atoms. The highest BCUT2D eigenvalue weighted by molar-refractivity contribution is 5.27. The molecule has 0 aromatic heterocycles. The summed E-state index contributed by atoms with van der Waals surface area (Å²) in [5.41, 5.74) is 1.24. The Morgan fingerprint density at radius 3 is 2.12 bits per heavy atom. The van der Waals surface area contributed by atoms with E-state index >= 15 is 0 Å². The zero-order valence-corrected chi connectivity index (χ0v) is 12.6. The van der Waals surface area contributed by atoms with Gasteiger partial charge in [-0.25, -0.2) is 0 Å². The van der Waals surface area contributed by atoms with E-state index in [1.165, 1.54) is 5.56 Å². The first-order chi connectivity index (χ1) is 8.18. The Morgan fingerprint density at radius 2 is 1.65 bits per heavy atom. The quantitative estimate of drug-likeness (QED) is 0.788. The number of rotatable bonds is 4. The van der Waals surface area contributed by atoms with Gasteiger partial charge in [-0.3, -0.25) is 0 Å². The lowest BCUT2D eigenvalue weighted by Gasteiger charge is -2.10. The van der Waals surface area contributed by atoms with Crippen LogP contribution in [0.5, 0.6) is 5.75 Å². The molecular formula is C15H29NO. The molecule has 0 unspecified atom stereocenters. The lowest BCUT2D eigenvalue weighted by Crippen LogP contribution is -2.19. The van der Waals surface area contributed by atoms with E-state index in [0.717, 1.165) is 18.9 Å². The lowest BCUT2D eigenvalue weighted by atomic mass is 10.2. The molecule has 1 aromatic carbocycles. The van der Waals surface area contributed by atoms with Gasteiger partial charge in [0.25, 0.3) is 0 Å². The first kappa shape index (κ1) is 18.3. The van der Waals surface area contributed by atoms with E-state index in [4.69, 9.17) is 4.74 Å². The smallest absolute Gasteiger partial charge is 0.119 e. The van der Waals surface area contributed by atoms with Crippen molar-refractivity contribution >= 4 is 0 Å². The second-order valence-electron chi connectivity index (χ2n) is 3.47. The number of hydrogen-bond donors (Lipinski definition) is 0. The van der Waals surface area contributed by atoms with Crippen LogP contribution in [0.25, 0.3) is 0 Å². The third kappa shape index (κ3) is 11.2. The summed E-state index contributed by atoms with van der Waals surface area (Å²) in [6, 6.07) is 8.12. The Kier molecular flexibility index (Phi) is 14.1. The van der Waals surface area contributed by atoms with Gasteiger partial charge in [0.1, 0.15) is 12.4 Å². The summed E-state index contributed by atoms with van der Waals surface area (Å²) in [7, 11) is 4.08. The molecule has 0 bridgehead atoms. The van der Waals surface area contributed by atoms with Gasteiger partial charge in [0.05, 0.1) is 0 Å². The second kappa shape index (κ2) is 13.0. The zero-order chi connectivity index (χ0) is 13.7.